The zero-order valence-electron chi connectivity index (χ0n) is 13.9. The third kappa shape index (κ3) is 3.49. The maximum atomic E-state index is 13.0. The van der Waals surface area contributed by atoms with Crippen LogP contribution in [0.1, 0.15) is 10.4 Å². The molecule has 126 valence electrons. The second-order valence-corrected chi connectivity index (χ2v) is 6.40. The topological polar surface area (TPSA) is 54.0 Å². The van der Waals surface area contributed by atoms with Gasteiger partial charge in [-0.1, -0.05) is 12.1 Å². The van der Waals surface area contributed by atoms with E-state index in [4.69, 9.17) is 9.47 Å². The molecule has 2 heterocycles. The van der Waals surface area contributed by atoms with Crippen molar-refractivity contribution >= 4 is 11.6 Å². The summed E-state index contributed by atoms with van der Waals surface area (Å²) in [5.74, 6) is 0.0567. The van der Waals surface area contributed by atoms with Crippen LogP contribution in [0.25, 0.3) is 0 Å². The number of hydrogen-bond acceptors (Lipinski definition) is 5. The first-order valence-corrected chi connectivity index (χ1v) is 8.09. The van der Waals surface area contributed by atoms with Crippen LogP contribution in [0, 0.1) is 0 Å². The Morgan fingerprint density at radius 3 is 2.96 bits per heavy atom. The molecule has 0 radical (unpaired) electrons. The van der Waals surface area contributed by atoms with Gasteiger partial charge in [-0.15, -0.1) is 0 Å². The zero-order valence-corrected chi connectivity index (χ0v) is 13.9. The molecule has 6 nitrogen and oxygen atoms in total. The van der Waals surface area contributed by atoms with Gasteiger partial charge in [-0.05, 0) is 12.1 Å². The second kappa shape index (κ2) is 6.86. The molecule has 1 N–H and O–H groups in total. The number of hydrogen-bond donors (Lipinski definition) is 1. The first-order valence-electron chi connectivity index (χ1n) is 8.09. The summed E-state index contributed by atoms with van der Waals surface area (Å²) in [5, 5.41) is 3.34. The smallest absolute Gasteiger partial charge is 0.256 e. The highest BCUT2D eigenvalue weighted by molar-refractivity contribution is 5.99. The fraction of sp³-hybridized carbons (Fsp3) is 0.588. The first-order chi connectivity index (χ1) is 11.1. The summed E-state index contributed by atoms with van der Waals surface area (Å²) in [4.78, 5) is 16.9. The standard InChI is InChI=1S/C17H25N3O3/c1-19(2)15-6-4-3-5-14(15)16(21)20-8-10-23-17(12-20)11-18-7-9-22-13-17/h3-6,18H,7-13H2,1-2H3. The highest BCUT2D eigenvalue weighted by Crippen LogP contribution is 2.24. The van der Waals surface area contributed by atoms with Gasteiger partial charge in [0.25, 0.3) is 5.91 Å². The molecule has 0 bridgehead atoms. The van der Waals surface area contributed by atoms with E-state index in [-0.39, 0.29) is 5.91 Å². The van der Waals surface area contributed by atoms with Crippen LogP contribution in [-0.2, 0) is 9.47 Å². The molecule has 2 aliphatic heterocycles. The molecule has 1 spiro atoms. The van der Waals surface area contributed by atoms with Gasteiger partial charge < -0.3 is 24.6 Å². The van der Waals surface area contributed by atoms with Gasteiger partial charge in [0.05, 0.1) is 31.9 Å². The van der Waals surface area contributed by atoms with E-state index in [9.17, 15) is 4.79 Å². The molecule has 0 saturated carbocycles. The van der Waals surface area contributed by atoms with Crippen LogP contribution in [0.3, 0.4) is 0 Å². The Morgan fingerprint density at radius 2 is 2.13 bits per heavy atom. The van der Waals surface area contributed by atoms with Gasteiger partial charge in [0.2, 0.25) is 0 Å². The Morgan fingerprint density at radius 1 is 1.30 bits per heavy atom. The SMILES string of the molecule is CN(C)c1ccccc1C(=O)N1CCOC2(CNCCOC2)C1. The molecule has 1 amide bonds. The maximum Gasteiger partial charge on any atom is 0.256 e. The number of benzene rings is 1. The predicted molar refractivity (Wildman–Crippen MR) is 89.0 cm³/mol. The van der Waals surface area contributed by atoms with Gasteiger partial charge in [0.15, 0.2) is 0 Å². The number of carbonyl (C=O) groups excluding carboxylic acids is 1. The normalized spacial score (nSPS) is 25.2. The van der Waals surface area contributed by atoms with E-state index in [1.165, 1.54) is 0 Å². The van der Waals surface area contributed by atoms with Crippen molar-refractivity contribution in [1.82, 2.24) is 10.2 Å². The minimum absolute atomic E-state index is 0.0567. The van der Waals surface area contributed by atoms with Gasteiger partial charge >= 0.3 is 0 Å². The lowest BCUT2D eigenvalue weighted by Crippen LogP contribution is -2.59. The van der Waals surface area contributed by atoms with Gasteiger partial charge in [-0.2, -0.15) is 0 Å². The largest absolute Gasteiger partial charge is 0.377 e. The van der Waals surface area contributed by atoms with Crippen molar-refractivity contribution in [1.29, 1.82) is 0 Å². The Labute approximate surface area is 137 Å². The van der Waals surface area contributed by atoms with E-state index in [1.807, 2.05) is 48.2 Å². The summed E-state index contributed by atoms with van der Waals surface area (Å²) in [6, 6.07) is 7.73. The quantitative estimate of drug-likeness (QED) is 0.864. The van der Waals surface area contributed by atoms with Crippen molar-refractivity contribution in [3.8, 4) is 0 Å². The highest BCUT2D eigenvalue weighted by Gasteiger charge is 2.40. The van der Waals surface area contributed by atoms with Crippen LogP contribution in [0.5, 0.6) is 0 Å². The van der Waals surface area contributed by atoms with Crippen LogP contribution in [0.2, 0.25) is 0 Å². The summed E-state index contributed by atoms with van der Waals surface area (Å²) >= 11 is 0. The van der Waals surface area contributed by atoms with Gasteiger partial charge in [0.1, 0.15) is 5.60 Å². The number of anilines is 1. The average molecular weight is 319 g/mol. The van der Waals surface area contributed by atoms with Gasteiger partial charge in [-0.25, -0.2) is 0 Å². The van der Waals surface area contributed by atoms with Crippen LogP contribution in [0.15, 0.2) is 24.3 Å². The Hall–Kier alpha value is -1.63. The molecule has 0 aromatic heterocycles. The molecule has 23 heavy (non-hydrogen) atoms. The maximum absolute atomic E-state index is 13.0. The van der Waals surface area contributed by atoms with Crippen molar-refractivity contribution in [3.63, 3.8) is 0 Å². The molecular formula is C17H25N3O3. The van der Waals surface area contributed by atoms with Crippen molar-refractivity contribution < 1.29 is 14.3 Å². The molecule has 0 aliphatic carbocycles. The number of nitrogens with zero attached hydrogens (tertiary/aromatic N) is 2. The van der Waals surface area contributed by atoms with E-state index in [2.05, 4.69) is 5.32 Å². The summed E-state index contributed by atoms with van der Waals surface area (Å²) in [7, 11) is 3.91. The Bertz CT molecular complexity index is 554. The number of carbonyl (C=O) groups is 1. The number of para-hydroxylation sites is 1. The Kier molecular flexibility index (Phi) is 4.84. The van der Waals surface area contributed by atoms with Crippen LogP contribution in [-0.4, -0.2) is 76.5 Å². The molecule has 2 fully saturated rings. The van der Waals surface area contributed by atoms with Crippen LogP contribution >= 0.6 is 0 Å². The molecular weight excluding hydrogens is 294 g/mol. The molecule has 2 saturated heterocycles. The minimum atomic E-state index is -0.433. The van der Waals surface area contributed by atoms with E-state index in [0.717, 1.165) is 17.8 Å². The van der Waals surface area contributed by atoms with Crippen molar-refractivity contribution in [2.75, 3.05) is 65.0 Å². The molecule has 1 atom stereocenters. The zero-order chi connectivity index (χ0) is 16.3. The van der Waals surface area contributed by atoms with Crippen LogP contribution in [0.4, 0.5) is 5.69 Å². The monoisotopic (exact) mass is 319 g/mol. The number of nitrogens with one attached hydrogen (secondary N) is 1. The van der Waals surface area contributed by atoms with E-state index >= 15 is 0 Å². The first kappa shape index (κ1) is 16.2. The predicted octanol–water partition coefficient (Wildman–Crippen LogP) is 0.584. The lowest BCUT2D eigenvalue weighted by Gasteiger charge is -2.42. The van der Waals surface area contributed by atoms with E-state index in [0.29, 0.717) is 39.5 Å². The lowest BCUT2D eigenvalue weighted by atomic mass is 10.0. The van der Waals surface area contributed by atoms with E-state index < -0.39 is 5.60 Å². The van der Waals surface area contributed by atoms with Crippen molar-refractivity contribution in [3.05, 3.63) is 29.8 Å². The van der Waals surface area contributed by atoms with Crippen molar-refractivity contribution in [2.45, 2.75) is 5.60 Å². The number of rotatable bonds is 2. The summed E-state index contributed by atoms with van der Waals surface area (Å²) in [5.41, 5.74) is 1.24. The van der Waals surface area contributed by atoms with E-state index in [1.54, 1.807) is 0 Å². The molecule has 1 aromatic carbocycles. The molecule has 1 unspecified atom stereocenters. The Balaban J connectivity index is 1.80. The van der Waals surface area contributed by atoms with Crippen LogP contribution < -0.4 is 10.2 Å². The molecule has 2 aliphatic rings. The molecule has 3 rings (SSSR count). The fourth-order valence-corrected chi connectivity index (χ4v) is 3.20. The minimum Gasteiger partial charge on any atom is -0.377 e. The number of morpholine rings is 1. The third-order valence-electron chi connectivity index (χ3n) is 4.39. The molecule has 1 aromatic rings. The van der Waals surface area contributed by atoms with Gasteiger partial charge in [0, 0.05) is 39.4 Å². The summed E-state index contributed by atoms with van der Waals surface area (Å²) in [6.45, 7) is 4.46. The number of amides is 1. The highest BCUT2D eigenvalue weighted by atomic mass is 16.5. The number of ether oxygens (including phenoxy) is 2. The van der Waals surface area contributed by atoms with Crippen molar-refractivity contribution in [2.24, 2.45) is 0 Å². The lowest BCUT2D eigenvalue weighted by molar-refractivity contribution is -0.125. The summed E-state index contributed by atoms with van der Waals surface area (Å²) < 4.78 is 11.6. The van der Waals surface area contributed by atoms with Gasteiger partial charge in [-0.3, -0.25) is 4.79 Å². The third-order valence-corrected chi connectivity index (χ3v) is 4.39. The second-order valence-electron chi connectivity index (χ2n) is 6.40. The fourth-order valence-electron chi connectivity index (χ4n) is 3.20. The molecule has 6 heteroatoms. The average Bonchev–Trinajstić information content (AvgIpc) is 2.79. The summed E-state index contributed by atoms with van der Waals surface area (Å²) in [6.07, 6.45) is 0.